The molecule has 0 aromatic carbocycles. The molecule has 3 fully saturated rings. The van der Waals surface area contributed by atoms with Crippen molar-refractivity contribution >= 4 is 17.5 Å². The van der Waals surface area contributed by atoms with Crippen molar-refractivity contribution in [2.24, 2.45) is 0 Å². The first kappa shape index (κ1) is 17.8. The van der Waals surface area contributed by atoms with Crippen LogP contribution in [0, 0.1) is 0 Å². The van der Waals surface area contributed by atoms with Gasteiger partial charge in [0, 0.05) is 49.4 Å². The van der Waals surface area contributed by atoms with Gasteiger partial charge in [-0.25, -0.2) is 15.0 Å². The maximum Gasteiger partial charge on any atom is 0.272 e. The number of fused-ring (bicyclic) bond motifs is 3. The number of rotatable bonds is 3. The lowest BCUT2D eigenvalue weighted by molar-refractivity contribution is 0.0255. The number of nitrogens with zero attached hydrogens (tertiary/aromatic N) is 6. The Morgan fingerprint density at radius 1 is 1.03 bits per heavy atom. The molecule has 0 N–H and O–H groups in total. The predicted molar refractivity (Wildman–Crippen MR) is 108 cm³/mol. The van der Waals surface area contributed by atoms with Crippen molar-refractivity contribution in [3.05, 3.63) is 42.6 Å². The smallest absolute Gasteiger partial charge is 0.272 e. The minimum Gasteiger partial charge on any atom is -0.378 e. The molecule has 0 saturated carbocycles. The topological polar surface area (TPSA) is 85.1 Å². The quantitative estimate of drug-likeness (QED) is 0.647. The van der Waals surface area contributed by atoms with Crippen LogP contribution in [0.2, 0.25) is 0 Å². The van der Waals surface area contributed by atoms with Crippen molar-refractivity contribution in [2.45, 2.75) is 18.6 Å². The van der Waals surface area contributed by atoms with Gasteiger partial charge in [-0.05, 0) is 18.6 Å². The number of hydrogen-bond donors (Lipinski definition) is 0. The van der Waals surface area contributed by atoms with E-state index in [1.165, 1.54) is 0 Å². The Bertz CT molecular complexity index is 1090. The molecule has 6 heterocycles. The third-order valence-corrected chi connectivity index (χ3v) is 6.16. The van der Waals surface area contributed by atoms with Crippen molar-refractivity contribution < 1.29 is 14.3 Å². The summed E-state index contributed by atoms with van der Waals surface area (Å²) in [7, 11) is 0. The van der Waals surface area contributed by atoms with Gasteiger partial charge in [0.2, 0.25) is 5.78 Å². The lowest BCUT2D eigenvalue weighted by atomic mass is 10.1. The fourth-order valence-electron chi connectivity index (χ4n) is 4.51. The summed E-state index contributed by atoms with van der Waals surface area (Å²) in [6, 6.07) is 4.22. The monoisotopic (exact) mass is 406 g/mol. The molecule has 30 heavy (non-hydrogen) atoms. The molecule has 2 bridgehead atoms. The summed E-state index contributed by atoms with van der Waals surface area (Å²) in [6.45, 7) is 4.43. The van der Waals surface area contributed by atoms with E-state index in [1.54, 1.807) is 16.8 Å². The van der Waals surface area contributed by atoms with E-state index in [-0.39, 0.29) is 18.1 Å². The normalized spacial score (nSPS) is 23.5. The summed E-state index contributed by atoms with van der Waals surface area (Å²) < 4.78 is 12.8. The standard InChI is InChI=1S/C21H22N6O3/c28-20(26-12-17-7-16(26)13-30-17)18-10-24-21-23-9-15(11-27(18)21)14-1-2-19(22-8-14)25-3-5-29-6-4-25/h1-2,8-11,16-17H,3-7,12-13H2. The van der Waals surface area contributed by atoms with E-state index in [1.807, 2.05) is 29.4 Å². The Hall–Kier alpha value is -3.04. The van der Waals surface area contributed by atoms with Crippen molar-refractivity contribution in [1.82, 2.24) is 24.3 Å². The van der Waals surface area contributed by atoms with Crippen LogP contribution in [0.15, 0.2) is 36.9 Å². The van der Waals surface area contributed by atoms with E-state index in [4.69, 9.17) is 9.47 Å². The first-order valence-electron chi connectivity index (χ1n) is 10.3. The number of likely N-dealkylation sites (tertiary alicyclic amines) is 1. The minimum atomic E-state index is -0.0157. The molecule has 6 rings (SSSR count). The summed E-state index contributed by atoms with van der Waals surface area (Å²) in [4.78, 5) is 30.6. The Balaban J connectivity index is 1.29. The van der Waals surface area contributed by atoms with Crippen molar-refractivity contribution in [2.75, 3.05) is 44.4 Å². The van der Waals surface area contributed by atoms with Crippen LogP contribution in [0.5, 0.6) is 0 Å². The fourth-order valence-corrected chi connectivity index (χ4v) is 4.51. The highest BCUT2D eigenvalue weighted by atomic mass is 16.5. The Morgan fingerprint density at radius 3 is 2.60 bits per heavy atom. The summed E-state index contributed by atoms with van der Waals surface area (Å²) in [5.41, 5.74) is 2.37. The molecule has 2 atom stereocenters. The van der Waals surface area contributed by atoms with E-state index >= 15 is 0 Å². The molecule has 0 radical (unpaired) electrons. The van der Waals surface area contributed by atoms with E-state index in [0.717, 1.165) is 49.7 Å². The highest BCUT2D eigenvalue weighted by Gasteiger charge is 2.42. The molecule has 154 valence electrons. The lowest BCUT2D eigenvalue weighted by Gasteiger charge is -2.27. The van der Waals surface area contributed by atoms with Gasteiger partial charge >= 0.3 is 0 Å². The van der Waals surface area contributed by atoms with Crippen LogP contribution in [-0.4, -0.2) is 81.8 Å². The number of carbonyl (C=O) groups is 1. The van der Waals surface area contributed by atoms with Gasteiger partial charge in [0.1, 0.15) is 11.5 Å². The van der Waals surface area contributed by atoms with E-state index in [9.17, 15) is 4.79 Å². The van der Waals surface area contributed by atoms with Gasteiger partial charge in [0.05, 0.1) is 38.2 Å². The van der Waals surface area contributed by atoms with Gasteiger partial charge in [-0.15, -0.1) is 0 Å². The highest BCUT2D eigenvalue weighted by Crippen LogP contribution is 2.29. The molecule has 3 aliphatic rings. The zero-order valence-electron chi connectivity index (χ0n) is 16.5. The second kappa shape index (κ2) is 7.03. The maximum atomic E-state index is 13.1. The van der Waals surface area contributed by atoms with Crippen LogP contribution in [0.4, 0.5) is 5.82 Å². The summed E-state index contributed by atoms with van der Waals surface area (Å²) >= 11 is 0. The van der Waals surface area contributed by atoms with Gasteiger partial charge < -0.3 is 19.3 Å². The second-order valence-corrected chi connectivity index (χ2v) is 7.96. The maximum absolute atomic E-state index is 13.1. The van der Waals surface area contributed by atoms with Gasteiger partial charge in [-0.3, -0.25) is 9.20 Å². The van der Waals surface area contributed by atoms with Gasteiger partial charge in [-0.1, -0.05) is 0 Å². The third-order valence-electron chi connectivity index (χ3n) is 6.16. The minimum absolute atomic E-state index is 0.0157. The number of morpholine rings is 2. The van der Waals surface area contributed by atoms with Gasteiger partial charge in [-0.2, -0.15) is 0 Å². The number of anilines is 1. The molecule has 3 aromatic heterocycles. The highest BCUT2D eigenvalue weighted by molar-refractivity contribution is 5.93. The van der Waals surface area contributed by atoms with Crippen LogP contribution < -0.4 is 4.90 Å². The largest absolute Gasteiger partial charge is 0.378 e. The number of imidazole rings is 1. The van der Waals surface area contributed by atoms with Crippen LogP contribution >= 0.6 is 0 Å². The Morgan fingerprint density at radius 2 is 1.87 bits per heavy atom. The second-order valence-electron chi connectivity index (χ2n) is 7.96. The number of ether oxygens (including phenoxy) is 2. The van der Waals surface area contributed by atoms with E-state index < -0.39 is 0 Å². The molecule has 1 amide bonds. The average Bonchev–Trinajstić information content (AvgIpc) is 3.55. The van der Waals surface area contributed by atoms with E-state index in [2.05, 4.69) is 19.9 Å². The molecule has 3 aromatic rings. The van der Waals surface area contributed by atoms with Gasteiger partial charge in [0.25, 0.3) is 5.91 Å². The lowest BCUT2D eigenvalue weighted by Crippen LogP contribution is -2.41. The fraction of sp³-hybridized carbons (Fsp3) is 0.429. The zero-order valence-corrected chi connectivity index (χ0v) is 16.5. The molecule has 0 spiro atoms. The van der Waals surface area contributed by atoms with E-state index in [0.29, 0.717) is 24.6 Å². The van der Waals surface area contributed by atoms with Crippen LogP contribution in [0.1, 0.15) is 16.9 Å². The van der Waals surface area contributed by atoms with Crippen LogP contribution in [0.3, 0.4) is 0 Å². The molecule has 9 nitrogen and oxygen atoms in total. The number of aromatic nitrogens is 4. The summed E-state index contributed by atoms with van der Waals surface area (Å²) in [5.74, 6) is 1.44. The molecule has 0 aliphatic carbocycles. The van der Waals surface area contributed by atoms with Crippen LogP contribution in [0.25, 0.3) is 16.9 Å². The third kappa shape index (κ3) is 2.93. The number of carbonyl (C=O) groups excluding carboxylic acids is 1. The first-order valence-corrected chi connectivity index (χ1v) is 10.3. The molecular formula is C21H22N6O3. The SMILES string of the molecule is O=C(c1cnc2ncc(-c3ccc(N4CCOCC4)nc3)cn12)N1CC2CC1CO2. The first-order chi connectivity index (χ1) is 14.8. The summed E-state index contributed by atoms with van der Waals surface area (Å²) in [6.07, 6.45) is 8.24. The molecule has 3 aliphatic heterocycles. The molecule has 2 unspecified atom stereocenters. The number of pyridine rings is 1. The molecule has 3 saturated heterocycles. The summed E-state index contributed by atoms with van der Waals surface area (Å²) in [5, 5.41) is 0. The zero-order chi connectivity index (χ0) is 20.1. The average molecular weight is 406 g/mol. The predicted octanol–water partition coefficient (Wildman–Crippen LogP) is 1.24. The molecule has 9 heteroatoms. The Labute approximate surface area is 173 Å². The van der Waals surface area contributed by atoms with Crippen molar-refractivity contribution in [3.8, 4) is 11.1 Å². The van der Waals surface area contributed by atoms with Crippen molar-refractivity contribution in [1.29, 1.82) is 0 Å². The van der Waals surface area contributed by atoms with Crippen molar-refractivity contribution in [3.63, 3.8) is 0 Å². The number of amides is 1. The number of hydrogen-bond acceptors (Lipinski definition) is 7. The Kier molecular flexibility index (Phi) is 4.17. The molecular weight excluding hydrogens is 384 g/mol. The van der Waals surface area contributed by atoms with Crippen LogP contribution in [-0.2, 0) is 9.47 Å². The van der Waals surface area contributed by atoms with Gasteiger partial charge in [0.15, 0.2) is 0 Å².